The van der Waals surface area contributed by atoms with Crippen molar-refractivity contribution in [2.75, 3.05) is 19.6 Å². The molecule has 1 unspecified atom stereocenters. The van der Waals surface area contributed by atoms with E-state index in [2.05, 4.69) is 15.3 Å². The molecule has 4 heteroatoms. The minimum absolute atomic E-state index is 0.808. The monoisotopic (exact) mass is 225 g/mol. The standard InChI is InChI=1S/C11H19N3S/c12-4-3-10-2-1-5-14(6-10)7-11-8-15-9-13-11/h8-10H,1-7,12H2. The number of nitrogens with two attached hydrogens (primary N) is 1. The van der Waals surface area contributed by atoms with Crippen LogP contribution in [0.15, 0.2) is 10.9 Å². The van der Waals surface area contributed by atoms with E-state index in [0.717, 1.165) is 19.0 Å². The fraction of sp³-hybridized carbons (Fsp3) is 0.727. The van der Waals surface area contributed by atoms with E-state index in [4.69, 9.17) is 5.73 Å². The van der Waals surface area contributed by atoms with Crippen LogP contribution in [0.2, 0.25) is 0 Å². The van der Waals surface area contributed by atoms with Crippen molar-refractivity contribution >= 4 is 11.3 Å². The van der Waals surface area contributed by atoms with Crippen LogP contribution in [0.3, 0.4) is 0 Å². The minimum atomic E-state index is 0.808. The molecular weight excluding hydrogens is 206 g/mol. The highest BCUT2D eigenvalue weighted by Crippen LogP contribution is 2.20. The van der Waals surface area contributed by atoms with Crippen LogP contribution < -0.4 is 5.73 Å². The Labute approximate surface area is 95.3 Å². The van der Waals surface area contributed by atoms with Crippen LogP contribution in [0.25, 0.3) is 0 Å². The van der Waals surface area contributed by atoms with Crippen LogP contribution in [0.5, 0.6) is 0 Å². The zero-order chi connectivity index (χ0) is 10.5. The van der Waals surface area contributed by atoms with Gasteiger partial charge in [0.15, 0.2) is 0 Å². The van der Waals surface area contributed by atoms with Gasteiger partial charge < -0.3 is 5.73 Å². The summed E-state index contributed by atoms with van der Waals surface area (Å²) in [5, 5.41) is 2.15. The van der Waals surface area contributed by atoms with E-state index in [9.17, 15) is 0 Å². The normalized spacial score (nSPS) is 23.1. The maximum Gasteiger partial charge on any atom is 0.0795 e. The van der Waals surface area contributed by atoms with Crippen molar-refractivity contribution < 1.29 is 0 Å². The van der Waals surface area contributed by atoms with Crippen molar-refractivity contribution in [2.24, 2.45) is 11.7 Å². The van der Waals surface area contributed by atoms with E-state index in [1.54, 1.807) is 11.3 Å². The van der Waals surface area contributed by atoms with E-state index < -0.39 is 0 Å². The van der Waals surface area contributed by atoms with Gasteiger partial charge >= 0.3 is 0 Å². The first-order valence-corrected chi connectivity index (χ1v) is 6.62. The molecule has 0 amide bonds. The van der Waals surface area contributed by atoms with Crippen molar-refractivity contribution in [1.82, 2.24) is 9.88 Å². The lowest BCUT2D eigenvalue weighted by atomic mass is 9.95. The molecule has 0 radical (unpaired) electrons. The summed E-state index contributed by atoms with van der Waals surface area (Å²) in [7, 11) is 0. The van der Waals surface area contributed by atoms with Crippen LogP contribution in [0, 0.1) is 5.92 Å². The van der Waals surface area contributed by atoms with Crippen molar-refractivity contribution in [1.29, 1.82) is 0 Å². The van der Waals surface area contributed by atoms with E-state index in [1.807, 2.05) is 5.51 Å². The summed E-state index contributed by atoms with van der Waals surface area (Å²) < 4.78 is 0. The highest BCUT2D eigenvalue weighted by molar-refractivity contribution is 7.07. The number of hydrogen-bond acceptors (Lipinski definition) is 4. The molecule has 1 aliphatic heterocycles. The first-order chi connectivity index (χ1) is 7.38. The molecule has 0 spiro atoms. The van der Waals surface area contributed by atoms with E-state index in [1.165, 1.54) is 38.0 Å². The predicted octanol–water partition coefficient (Wildman–Crippen LogP) is 1.70. The Balaban J connectivity index is 1.82. The van der Waals surface area contributed by atoms with Crippen LogP contribution in [-0.2, 0) is 6.54 Å². The SMILES string of the molecule is NCCC1CCCN(Cc2cscn2)C1. The van der Waals surface area contributed by atoms with Gasteiger partial charge in [0, 0.05) is 18.5 Å². The van der Waals surface area contributed by atoms with Crippen molar-refractivity contribution in [3.8, 4) is 0 Å². The molecule has 0 saturated carbocycles. The first-order valence-electron chi connectivity index (χ1n) is 5.68. The maximum atomic E-state index is 5.61. The van der Waals surface area contributed by atoms with Gasteiger partial charge in [-0.05, 0) is 38.3 Å². The number of rotatable bonds is 4. The molecule has 1 fully saturated rings. The Morgan fingerprint density at radius 1 is 1.60 bits per heavy atom. The smallest absolute Gasteiger partial charge is 0.0795 e. The van der Waals surface area contributed by atoms with Gasteiger partial charge in [-0.2, -0.15) is 0 Å². The lowest BCUT2D eigenvalue weighted by Crippen LogP contribution is -2.35. The summed E-state index contributed by atoms with van der Waals surface area (Å²) in [6.45, 7) is 4.27. The number of likely N-dealkylation sites (tertiary alicyclic amines) is 1. The average Bonchev–Trinajstić information content (AvgIpc) is 2.71. The quantitative estimate of drug-likeness (QED) is 0.848. The second kappa shape index (κ2) is 5.58. The largest absolute Gasteiger partial charge is 0.330 e. The highest BCUT2D eigenvalue weighted by Gasteiger charge is 2.19. The fourth-order valence-corrected chi connectivity index (χ4v) is 2.86. The molecular formula is C11H19N3S. The number of aromatic nitrogens is 1. The van der Waals surface area contributed by atoms with Gasteiger partial charge in [0.1, 0.15) is 0 Å². The molecule has 0 aromatic carbocycles. The third kappa shape index (κ3) is 3.26. The molecule has 1 aliphatic rings. The second-order valence-corrected chi connectivity index (χ2v) is 5.02. The number of thiazole rings is 1. The molecule has 84 valence electrons. The zero-order valence-corrected chi connectivity index (χ0v) is 9.88. The van der Waals surface area contributed by atoms with E-state index >= 15 is 0 Å². The first kappa shape index (κ1) is 11.0. The molecule has 1 atom stereocenters. The molecule has 2 heterocycles. The maximum absolute atomic E-state index is 5.61. The third-order valence-electron chi connectivity index (χ3n) is 3.05. The molecule has 1 aromatic rings. The summed E-state index contributed by atoms with van der Waals surface area (Å²) in [6, 6.07) is 0. The topological polar surface area (TPSA) is 42.1 Å². The highest BCUT2D eigenvalue weighted by atomic mass is 32.1. The summed E-state index contributed by atoms with van der Waals surface area (Å²) in [4.78, 5) is 6.85. The van der Waals surface area contributed by atoms with Crippen LogP contribution in [0.4, 0.5) is 0 Å². The Morgan fingerprint density at radius 3 is 3.27 bits per heavy atom. The molecule has 1 saturated heterocycles. The Morgan fingerprint density at radius 2 is 2.53 bits per heavy atom. The number of piperidine rings is 1. The van der Waals surface area contributed by atoms with Crippen LogP contribution >= 0.6 is 11.3 Å². The molecule has 0 bridgehead atoms. The van der Waals surface area contributed by atoms with Gasteiger partial charge in [-0.3, -0.25) is 4.90 Å². The average molecular weight is 225 g/mol. The Kier molecular flexibility index (Phi) is 4.11. The van der Waals surface area contributed by atoms with Crippen molar-refractivity contribution in [3.05, 3.63) is 16.6 Å². The van der Waals surface area contributed by atoms with Gasteiger partial charge in [-0.1, -0.05) is 0 Å². The van der Waals surface area contributed by atoms with Gasteiger partial charge in [0.25, 0.3) is 0 Å². The van der Waals surface area contributed by atoms with Crippen LogP contribution in [0.1, 0.15) is 25.0 Å². The van der Waals surface area contributed by atoms with Crippen molar-refractivity contribution in [3.63, 3.8) is 0 Å². The van der Waals surface area contributed by atoms with Gasteiger partial charge in [-0.15, -0.1) is 11.3 Å². The summed E-state index contributed by atoms with van der Waals surface area (Å²) >= 11 is 1.68. The van der Waals surface area contributed by atoms with E-state index in [-0.39, 0.29) is 0 Å². The van der Waals surface area contributed by atoms with Crippen LogP contribution in [-0.4, -0.2) is 29.5 Å². The second-order valence-electron chi connectivity index (χ2n) is 4.30. The Bertz CT molecular complexity index is 271. The zero-order valence-electron chi connectivity index (χ0n) is 9.06. The van der Waals surface area contributed by atoms with Gasteiger partial charge in [0.2, 0.25) is 0 Å². The molecule has 15 heavy (non-hydrogen) atoms. The lowest BCUT2D eigenvalue weighted by Gasteiger charge is -2.32. The molecule has 0 aliphatic carbocycles. The number of hydrogen-bond donors (Lipinski definition) is 1. The van der Waals surface area contributed by atoms with Gasteiger partial charge in [-0.25, -0.2) is 4.98 Å². The van der Waals surface area contributed by atoms with Crippen molar-refractivity contribution in [2.45, 2.75) is 25.8 Å². The molecule has 1 aromatic heterocycles. The summed E-state index contributed by atoms with van der Waals surface area (Å²) in [5.74, 6) is 0.808. The van der Waals surface area contributed by atoms with Gasteiger partial charge in [0.05, 0.1) is 11.2 Å². The molecule has 2 rings (SSSR count). The lowest BCUT2D eigenvalue weighted by molar-refractivity contribution is 0.161. The minimum Gasteiger partial charge on any atom is -0.330 e. The third-order valence-corrected chi connectivity index (χ3v) is 3.68. The Hall–Kier alpha value is -0.450. The summed E-state index contributed by atoms with van der Waals surface area (Å²) in [6.07, 6.45) is 3.84. The summed E-state index contributed by atoms with van der Waals surface area (Å²) in [5.41, 5.74) is 8.74. The van der Waals surface area contributed by atoms with E-state index in [0.29, 0.717) is 0 Å². The molecule has 2 N–H and O–H groups in total. The predicted molar refractivity (Wildman–Crippen MR) is 63.8 cm³/mol. The fourth-order valence-electron chi connectivity index (χ4n) is 2.31. The number of nitrogens with zero attached hydrogens (tertiary/aromatic N) is 2. The molecule has 3 nitrogen and oxygen atoms in total.